The van der Waals surface area contributed by atoms with Crippen LogP contribution < -0.4 is 4.90 Å². The number of halogens is 1. The van der Waals surface area contributed by atoms with E-state index in [1.807, 2.05) is 0 Å². The van der Waals surface area contributed by atoms with E-state index in [9.17, 15) is 0 Å². The van der Waals surface area contributed by atoms with Gasteiger partial charge in [0.25, 0.3) is 0 Å². The maximum atomic E-state index is 6.03. The molecule has 0 N–H and O–H groups in total. The molecular formula is C14H21ClN2. The third-order valence-corrected chi connectivity index (χ3v) is 3.69. The number of anilines is 1. The van der Waals surface area contributed by atoms with Crippen molar-refractivity contribution < 1.29 is 0 Å². The van der Waals surface area contributed by atoms with Crippen LogP contribution in [-0.2, 0) is 5.88 Å². The van der Waals surface area contributed by atoms with Crippen molar-refractivity contribution in [1.82, 2.24) is 4.90 Å². The minimum absolute atomic E-state index is 0.599. The highest BCUT2D eigenvalue weighted by molar-refractivity contribution is 6.17. The first-order valence-corrected chi connectivity index (χ1v) is 6.81. The SMILES string of the molecule is CN(C)CC1CCCN1c1ccccc1CCl. The Morgan fingerprint density at radius 1 is 1.35 bits per heavy atom. The topological polar surface area (TPSA) is 6.48 Å². The van der Waals surface area contributed by atoms with Crippen LogP contribution in [0.3, 0.4) is 0 Å². The van der Waals surface area contributed by atoms with E-state index in [0.717, 1.165) is 13.1 Å². The summed E-state index contributed by atoms with van der Waals surface area (Å²) in [5.74, 6) is 0.599. The number of nitrogens with zero attached hydrogens (tertiary/aromatic N) is 2. The minimum Gasteiger partial charge on any atom is -0.367 e. The lowest BCUT2D eigenvalue weighted by molar-refractivity contribution is 0.372. The summed E-state index contributed by atoms with van der Waals surface area (Å²) in [6.07, 6.45) is 2.57. The molecule has 2 rings (SSSR count). The van der Waals surface area contributed by atoms with Crippen LogP contribution in [0, 0.1) is 0 Å². The summed E-state index contributed by atoms with van der Waals surface area (Å²) in [7, 11) is 4.29. The molecule has 1 heterocycles. The molecule has 17 heavy (non-hydrogen) atoms. The third-order valence-electron chi connectivity index (χ3n) is 3.40. The van der Waals surface area contributed by atoms with Gasteiger partial charge < -0.3 is 9.80 Å². The van der Waals surface area contributed by atoms with Crippen LogP contribution >= 0.6 is 11.6 Å². The molecule has 0 saturated carbocycles. The second kappa shape index (κ2) is 5.74. The molecule has 1 saturated heterocycles. The van der Waals surface area contributed by atoms with Gasteiger partial charge in [0, 0.05) is 30.7 Å². The Hall–Kier alpha value is -0.730. The predicted octanol–water partition coefficient (Wildman–Crippen LogP) is 2.96. The van der Waals surface area contributed by atoms with Crippen molar-refractivity contribution in [3.05, 3.63) is 29.8 Å². The third kappa shape index (κ3) is 2.93. The van der Waals surface area contributed by atoms with E-state index >= 15 is 0 Å². The molecule has 3 heteroatoms. The number of likely N-dealkylation sites (N-methyl/N-ethyl adjacent to an activating group) is 1. The van der Waals surface area contributed by atoms with Crippen LogP contribution in [0.15, 0.2) is 24.3 Å². The van der Waals surface area contributed by atoms with Gasteiger partial charge in [0.05, 0.1) is 0 Å². The van der Waals surface area contributed by atoms with Crippen molar-refractivity contribution in [1.29, 1.82) is 0 Å². The van der Waals surface area contributed by atoms with Crippen molar-refractivity contribution in [2.24, 2.45) is 0 Å². The van der Waals surface area contributed by atoms with Crippen LogP contribution in [0.5, 0.6) is 0 Å². The summed E-state index contributed by atoms with van der Waals surface area (Å²) >= 11 is 6.03. The molecule has 0 bridgehead atoms. The minimum atomic E-state index is 0.599. The van der Waals surface area contributed by atoms with Gasteiger partial charge in [-0.1, -0.05) is 18.2 Å². The fourth-order valence-electron chi connectivity index (χ4n) is 2.67. The number of alkyl halides is 1. The fraction of sp³-hybridized carbons (Fsp3) is 0.571. The summed E-state index contributed by atoms with van der Waals surface area (Å²) < 4.78 is 0. The van der Waals surface area contributed by atoms with Crippen LogP contribution in [-0.4, -0.2) is 38.1 Å². The lowest BCUT2D eigenvalue weighted by atomic mass is 10.1. The standard InChI is InChI=1S/C14H21ClN2/c1-16(2)11-13-7-5-9-17(13)14-8-4-3-6-12(14)10-15/h3-4,6,8,13H,5,7,9-11H2,1-2H3. The summed E-state index contributed by atoms with van der Waals surface area (Å²) in [6.45, 7) is 2.28. The predicted molar refractivity (Wildman–Crippen MR) is 74.9 cm³/mol. The number of hydrogen-bond donors (Lipinski definition) is 0. The highest BCUT2D eigenvalue weighted by atomic mass is 35.5. The van der Waals surface area contributed by atoms with E-state index < -0.39 is 0 Å². The lowest BCUT2D eigenvalue weighted by Gasteiger charge is -2.30. The average Bonchev–Trinajstić information content (AvgIpc) is 2.76. The molecule has 1 aromatic carbocycles. The maximum Gasteiger partial charge on any atom is 0.0494 e. The maximum absolute atomic E-state index is 6.03. The van der Waals surface area contributed by atoms with Crippen LogP contribution in [0.25, 0.3) is 0 Å². The Morgan fingerprint density at radius 3 is 2.82 bits per heavy atom. The molecule has 0 radical (unpaired) electrons. The first kappa shape index (κ1) is 12.7. The molecule has 1 aliphatic rings. The van der Waals surface area contributed by atoms with Gasteiger partial charge in [0.2, 0.25) is 0 Å². The van der Waals surface area contributed by atoms with E-state index in [1.54, 1.807) is 0 Å². The summed E-state index contributed by atoms with van der Waals surface area (Å²) in [5, 5.41) is 0. The van der Waals surface area contributed by atoms with Gasteiger partial charge in [0.15, 0.2) is 0 Å². The Bertz CT molecular complexity index is 365. The van der Waals surface area contributed by atoms with E-state index in [0.29, 0.717) is 11.9 Å². The highest BCUT2D eigenvalue weighted by Gasteiger charge is 2.26. The molecule has 1 aromatic rings. The Morgan fingerprint density at radius 2 is 2.12 bits per heavy atom. The van der Waals surface area contributed by atoms with Gasteiger partial charge in [0.1, 0.15) is 0 Å². The zero-order chi connectivity index (χ0) is 12.3. The molecule has 0 amide bonds. The Balaban J connectivity index is 2.19. The molecular weight excluding hydrogens is 232 g/mol. The van der Waals surface area contributed by atoms with E-state index in [-0.39, 0.29) is 0 Å². The van der Waals surface area contributed by atoms with Crippen LogP contribution in [0.2, 0.25) is 0 Å². The zero-order valence-corrected chi connectivity index (χ0v) is 11.5. The zero-order valence-electron chi connectivity index (χ0n) is 10.7. The van der Waals surface area contributed by atoms with E-state index in [1.165, 1.54) is 24.1 Å². The van der Waals surface area contributed by atoms with Crippen molar-refractivity contribution in [2.75, 3.05) is 32.1 Å². The summed E-state index contributed by atoms with van der Waals surface area (Å²) in [4.78, 5) is 4.80. The molecule has 1 aliphatic heterocycles. The monoisotopic (exact) mass is 252 g/mol. The highest BCUT2D eigenvalue weighted by Crippen LogP contribution is 2.29. The first-order valence-electron chi connectivity index (χ1n) is 6.27. The molecule has 0 aromatic heterocycles. The fourth-order valence-corrected chi connectivity index (χ4v) is 2.89. The Kier molecular flexibility index (Phi) is 4.30. The van der Waals surface area contributed by atoms with Gasteiger partial charge in [-0.15, -0.1) is 11.6 Å². The first-order chi connectivity index (χ1) is 8.22. The average molecular weight is 253 g/mol. The van der Waals surface area contributed by atoms with Gasteiger partial charge in [-0.2, -0.15) is 0 Å². The molecule has 2 nitrogen and oxygen atoms in total. The molecule has 1 unspecified atom stereocenters. The quantitative estimate of drug-likeness (QED) is 0.761. The summed E-state index contributed by atoms with van der Waals surface area (Å²) in [5.41, 5.74) is 2.58. The van der Waals surface area contributed by atoms with Crippen molar-refractivity contribution in [2.45, 2.75) is 24.8 Å². The molecule has 1 fully saturated rings. The van der Waals surface area contributed by atoms with Crippen LogP contribution in [0.4, 0.5) is 5.69 Å². The number of benzene rings is 1. The second-order valence-corrected chi connectivity index (χ2v) is 5.28. The molecule has 0 spiro atoms. The molecule has 94 valence electrons. The van der Waals surface area contributed by atoms with Gasteiger partial charge in [-0.25, -0.2) is 0 Å². The second-order valence-electron chi connectivity index (χ2n) is 5.01. The van der Waals surface area contributed by atoms with Gasteiger partial charge >= 0.3 is 0 Å². The normalized spacial score (nSPS) is 20.2. The van der Waals surface area contributed by atoms with E-state index in [2.05, 4.69) is 48.2 Å². The van der Waals surface area contributed by atoms with Crippen molar-refractivity contribution in [3.8, 4) is 0 Å². The van der Waals surface area contributed by atoms with Crippen LogP contribution in [0.1, 0.15) is 18.4 Å². The Labute approximate surface area is 109 Å². The smallest absolute Gasteiger partial charge is 0.0494 e. The van der Waals surface area contributed by atoms with Gasteiger partial charge in [-0.05, 0) is 38.6 Å². The molecule has 0 aliphatic carbocycles. The van der Waals surface area contributed by atoms with Crippen molar-refractivity contribution in [3.63, 3.8) is 0 Å². The van der Waals surface area contributed by atoms with Crippen molar-refractivity contribution >= 4 is 17.3 Å². The lowest BCUT2D eigenvalue weighted by Crippen LogP contribution is -2.37. The summed E-state index contributed by atoms with van der Waals surface area (Å²) in [6, 6.07) is 9.14. The largest absolute Gasteiger partial charge is 0.367 e. The van der Waals surface area contributed by atoms with E-state index in [4.69, 9.17) is 11.6 Å². The number of para-hydroxylation sites is 1. The number of hydrogen-bond acceptors (Lipinski definition) is 2. The van der Waals surface area contributed by atoms with Gasteiger partial charge in [-0.3, -0.25) is 0 Å². The number of rotatable bonds is 4. The molecule has 1 atom stereocenters.